The maximum Gasteiger partial charge on any atom is 0.295 e. The molecule has 6 nitrogen and oxygen atoms in total. The van der Waals surface area contributed by atoms with Crippen molar-refractivity contribution in [2.24, 2.45) is 0 Å². The molecule has 2 aromatic rings. The van der Waals surface area contributed by atoms with E-state index in [9.17, 15) is 14.7 Å². The van der Waals surface area contributed by atoms with Crippen LogP contribution >= 0.6 is 15.9 Å². The summed E-state index contributed by atoms with van der Waals surface area (Å²) in [5.41, 5.74) is 1.10. The van der Waals surface area contributed by atoms with Crippen molar-refractivity contribution in [3.8, 4) is 0 Å². The largest absolute Gasteiger partial charge is 0.507 e. The first-order valence-corrected chi connectivity index (χ1v) is 9.29. The number of amides is 1. The molecule has 1 aromatic heterocycles. The highest BCUT2D eigenvalue weighted by Crippen LogP contribution is 2.38. The summed E-state index contributed by atoms with van der Waals surface area (Å²) in [5.74, 6) is -1.50. The van der Waals surface area contributed by atoms with Gasteiger partial charge in [0.25, 0.3) is 11.7 Å². The Kier molecular flexibility index (Phi) is 5.72. The molecule has 1 N–H and O–H groups in total. The van der Waals surface area contributed by atoms with Crippen LogP contribution in [-0.4, -0.2) is 58.8 Å². The predicted octanol–water partition coefficient (Wildman–Crippen LogP) is 2.83. The third-order valence-corrected chi connectivity index (χ3v) is 4.94. The lowest BCUT2D eigenvalue weighted by atomic mass is 9.98. The number of nitrogens with zero attached hydrogens (tertiary/aromatic N) is 3. The Bertz CT molecular complexity index is 879. The van der Waals surface area contributed by atoms with E-state index in [2.05, 4.69) is 20.9 Å². The second-order valence-corrected chi connectivity index (χ2v) is 7.47. The van der Waals surface area contributed by atoms with E-state index in [0.717, 1.165) is 4.47 Å². The van der Waals surface area contributed by atoms with Gasteiger partial charge in [-0.2, -0.15) is 0 Å². The molecule has 0 radical (unpaired) electrons. The number of hydrogen-bond donors (Lipinski definition) is 1. The number of ketones is 1. The fourth-order valence-electron chi connectivity index (χ4n) is 3.03. The third kappa shape index (κ3) is 3.94. The van der Waals surface area contributed by atoms with Crippen LogP contribution < -0.4 is 0 Å². The first-order chi connectivity index (χ1) is 12.9. The Balaban J connectivity index is 2.12. The van der Waals surface area contributed by atoms with E-state index in [0.29, 0.717) is 24.3 Å². The topological polar surface area (TPSA) is 73.7 Å². The number of aliphatic hydroxyl groups excluding tert-OH is 1. The molecular weight excluding hydrogens is 410 g/mol. The molecule has 0 aliphatic carbocycles. The van der Waals surface area contributed by atoms with Crippen molar-refractivity contribution in [3.05, 3.63) is 70.0 Å². The second kappa shape index (κ2) is 8.02. The van der Waals surface area contributed by atoms with E-state index in [-0.39, 0.29) is 11.3 Å². The molecule has 0 saturated carbocycles. The second-order valence-electron chi connectivity index (χ2n) is 6.56. The number of likely N-dealkylation sites (tertiary alicyclic amines) is 1. The molecule has 2 heterocycles. The van der Waals surface area contributed by atoms with Gasteiger partial charge in [0.1, 0.15) is 11.8 Å². The van der Waals surface area contributed by atoms with Gasteiger partial charge in [0.05, 0.1) is 11.3 Å². The van der Waals surface area contributed by atoms with Crippen molar-refractivity contribution >= 4 is 33.4 Å². The minimum Gasteiger partial charge on any atom is -0.507 e. The summed E-state index contributed by atoms with van der Waals surface area (Å²) >= 11 is 3.35. The Morgan fingerprint density at radius 1 is 1.19 bits per heavy atom. The number of hydrogen-bond acceptors (Lipinski definition) is 5. The van der Waals surface area contributed by atoms with Gasteiger partial charge in [0, 0.05) is 29.3 Å². The molecule has 7 heteroatoms. The summed E-state index contributed by atoms with van der Waals surface area (Å²) in [4.78, 5) is 33.2. The summed E-state index contributed by atoms with van der Waals surface area (Å²) in [6.07, 6.45) is 1.61. The third-order valence-electron chi connectivity index (χ3n) is 4.41. The zero-order valence-electron chi connectivity index (χ0n) is 15.1. The normalized spacial score (nSPS) is 19.1. The lowest BCUT2D eigenvalue weighted by Gasteiger charge is -2.25. The van der Waals surface area contributed by atoms with Gasteiger partial charge >= 0.3 is 0 Å². The molecule has 1 amide bonds. The van der Waals surface area contributed by atoms with Crippen molar-refractivity contribution < 1.29 is 14.7 Å². The Morgan fingerprint density at radius 2 is 1.89 bits per heavy atom. The van der Waals surface area contributed by atoms with E-state index in [1.165, 1.54) is 4.90 Å². The standard InChI is InChI=1S/C20H20BrN3O3/c1-23(2)11-12-24-17(15-5-3-4-10-22-15)16(19(26)20(24)27)18(25)13-6-8-14(21)9-7-13/h3-10,17,25H,11-12H2,1-2H3/b18-16-. The van der Waals surface area contributed by atoms with Crippen LogP contribution in [0.15, 0.2) is 58.7 Å². The van der Waals surface area contributed by atoms with Crippen LogP contribution in [0.25, 0.3) is 5.76 Å². The van der Waals surface area contributed by atoms with Gasteiger partial charge in [-0.3, -0.25) is 14.6 Å². The van der Waals surface area contributed by atoms with Gasteiger partial charge in [-0.05, 0) is 38.4 Å². The summed E-state index contributed by atoms with van der Waals surface area (Å²) in [6.45, 7) is 0.949. The van der Waals surface area contributed by atoms with Gasteiger partial charge in [-0.1, -0.05) is 34.1 Å². The number of rotatable bonds is 5. The van der Waals surface area contributed by atoms with Crippen LogP contribution in [0.3, 0.4) is 0 Å². The lowest BCUT2D eigenvalue weighted by molar-refractivity contribution is -0.140. The zero-order chi connectivity index (χ0) is 19.6. The highest BCUT2D eigenvalue weighted by atomic mass is 79.9. The van der Waals surface area contributed by atoms with Crippen molar-refractivity contribution in [1.82, 2.24) is 14.8 Å². The van der Waals surface area contributed by atoms with Gasteiger partial charge in [-0.15, -0.1) is 0 Å². The zero-order valence-corrected chi connectivity index (χ0v) is 16.7. The molecule has 27 heavy (non-hydrogen) atoms. The molecule has 0 spiro atoms. The van der Waals surface area contributed by atoms with Gasteiger partial charge in [-0.25, -0.2) is 0 Å². The van der Waals surface area contributed by atoms with Crippen LogP contribution in [0.5, 0.6) is 0 Å². The molecule has 1 aliphatic rings. The summed E-state index contributed by atoms with van der Waals surface area (Å²) in [7, 11) is 3.79. The van der Waals surface area contributed by atoms with Crippen LogP contribution in [0, 0.1) is 0 Å². The lowest BCUT2D eigenvalue weighted by Crippen LogP contribution is -2.35. The van der Waals surface area contributed by atoms with E-state index < -0.39 is 17.7 Å². The number of pyridine rings is 1. The fourth-order valence-corrected chi connectivity index (χ4v) is 3.29. The van der Waals surface area contributed by atoms with E-state index in [1.54, 1.807) is 48.7 Å². The Hall–Kier alpha value is -2.51. The molecule has 3 rings (SSSR count). The van der Waals surface area contributed by atoms with Gasteiger partial charge < -0.3 is 14.9 Å². The molecule has 1 saturated heterocycles. The van der Waals surface area contributed by atoms with Crippen molar-refractivity contribution in [2.45, 2.75) is 6.04 Å². The van der Waals surface area contributed by atoms with E-state index in [1.807, 2.05) is 19.0 Å². The summed E-state index contributed by atoms with van der Waals surface area (Å²) < 4.78 is 0.853. The predicted molar refractivity (Wildman–Crippen MR) is 106 cm³/mol. The fraction of sp³-hybridized carbons (Fsp3) is 0.250. The van der Waals surface area contributed by atoms with Crippen LogP contribution in [0.1, 0.15) is 17.3 Å². The van der Waals surface area contributed by atoms with Gasteiger partial charge in [0.2, 0.25) is 0 Å². The molecule has 140 valence electrons. The van der Waals surface area contributed by atoms with Crippen LogP contribution in [0.4, 0.5) is 0 Å². The van der Waals surface area contributed by atoms with Gasteiger partial charge in [0.15, 0.2) is 0 Å². The molecule has 0 bridgehead atoms. The number of carbonyl (C=O) groups excluding carboxylic acids is 2. The first-order valence-electron chi connectivity index (χ1n) is 8.50. The van der Waals surface area contributed by atoms with Crippen molar-refractivity contribution in [1.29, 1.82) is 0 Å². The molecule has 1 fully saturated rings. The highest BCUT2D eigenvalue weighted by Gasteiger charge is 2.46. The number of benzene rings is 1. The molecule has 1 atom stereocenters. The number of aromatic nitrogens is 1. The Labute approximate surface area is 166 Å². The average molecular weight is 430 g/mol. The number of likely N-dealkylation sites (N-methyl/N-ethyl adjacent to an activating group) is 1. The number of carbonyl (C=O) groups is 2. The summed E-state index contributed by atoms with van der Waals surface area (Å²) in [5, 5.41) is 10.9. The smallest absolute Gasteiger partial charge is 0.295 e. The highest BCUT2D eigenvalue weighted by molar-refractivity contribution is 9.10. The number of halogens is 1. The molecule has 1 aromatic carbocycles. The number of Topliss-reactive ketones (excluding diaryl/α,β-unsaturated/α-hetero) is 1. The van der Waals surface area contributed by atoms with Crippen molar-refractivity contribution in [3.63, 3.8) is 0 Å². The maximum absolute atomic E-state index is 12.8. The van der Waals surface area contributed by atoms with Crippen LogP contribution in [0.2, 0.25) is 0 Å². The molecule has 1 aliphatic heterocycles. The minimum atomic E-state index is -0.713. The Morgan fingerprint density at radius 3 is 2.48 bits per heavy atom. The van der Waals surface area contributed by atoms with Crippen LogP contribution in [-0.2, 0) is 9.59 Å². The quantitative estimate of drug-likeness (QED) is 0.449. The average Bonchev–Trinajstić information content (AvgIpc) is 2.91. The maximum atomic E-state index is 12.8. The monoisotopic (exact) mass is 429 g/mol. The number of aliphatic hydroxyl groups is 1. The van der Waals surface area contributed by atoms with E-state index in [4.69, 9.17) is 0 Å². The van der Waals surface area contributed by atoms with E-state index >= 15 is 0 Å². The first kappa shape index (κ1) is 19.3. The SMILES string of the molecule is CN(C)CCN1C(=O)C(=O)/C(=C(\O)c2ccc(Br)cc2)C1c1ccccn1. The minimum absolute atomic E-state index is 0.0692. The summed E-state index contributed by atoms with van der Waals surface area (Å²) in [6, 6.07) is 11.5. The molecule has 1 unspecified atom stereocenters. The van der Waals surface area contributed by atoms with Crippen molar-refractivity contribution in [2.75, 3.05) is 27.2 Å². The molecular formula is C20H20BrN3O3.